The summed E-state index contributed by atoms with van der Waals surface area (Å²) in [7, 11) is 1.92. The molecule has 0 rings (SSSR count). The molecule has 0 unspecified atom stereocenters. The zero-order chi connectivity index (χ0) is 8.53. The number of rotatable bonds is 7. The van der Waals surface area contributed by atoms with Crippen LogP contribution in [0.3, 0.4) is 0 Å². The summed E-state index contributed by atoms with van der Waals surface area (Å²) in [5, 5.41) is 0. The van der Waals surface area contributed by atoms with Crippen LogP contribution >= 0.6 is 0 Å². The van der Waals surface area contributed by atoms with Crippen LogP contribution < -0.4 is 0 Å². The number of hydrogen-bond donors (Lipinski definition) is 0. The fourth-order valence-corrected chi connectivity index (χ4v) is 7.22. The van der Waals surface area contributed by atoms with Gasteiger partial charge in [0.25, 0.3) is 0 Å². The maximum absolute atomic E-state index is 5.55. The molecule has 67 valence electrons. The van der Waals surface area contributed by atoms with Crippen molar-refractivity contribution in [2.45, 2.75) is 48.4 Å². The summed E-state index contributed by atoms with van der Waals surface area (Å²) in [6.45, 7) is 4.52. The van der Waals surface area contributed by atoms with Gasteiger partial charge >= 0.3 is 78.8 Å². The third-order valence-corrected chi connectivity index (χ3v) is 8.76. The van der Waals surface area contributed by atoms with Crippen LogP contribution in [0.4, 0.5) is 0 Å². The Labute approximate surface area is 78.8 Å². The molecule has 1 nitrogen and oxygen atoms in total. The zero-order valence-corrected chi connectivity index (χ0v) is 11.0. The van der Waals surface area contributed by atoms with Gasteiger partial charge in [-0.2, -0.15) is 0 Å². The van der Waals surface area contributed by atoms with Gasteiger partial charge in [-0.1, -0.05) is 0 Å². The topological polar surface area (TPSA) is 9.23 Å². The molecule has 0 N–H and O–H groups in total. The molecule has 0 aromatic heterocycles. The molecule has 0 aromatic carbocycles. The van der Waals surface area contributed by atoms with E-state index in [9.17, 15) is 0 Å². The van der Waals surface area contributed by atoms with E-state index in [1.54, 1.807) is 0 Å². The summed E-state index contributed by atoms with van der Waals surface area (Å²) >= 11 is -1.28. The first-order valence-electron chi connectivity index (χ1n) is 4.73. The second kappa shape index (κ2) is 8.85. The first-order valence-corrected chi connectivity index (χ1v) is 9.94. The van der Waals surface area contributed by atoms with E-state index in [-0.39, 0.29) is 0 Å². The van der Waals surface area contributed by atoms with Crippen LogP contribution in [0.15, 0.2) is 0 Å². The molecule has 0 aliphatic rings. The molecule has 2 heteroatoms. The van der Waals surface area contributed by atoms with Crippen molar-refractivity contribution in [2.75, 3.05) is 7.11 Å². The third-order valence-electron chi connectivity index (χ3n) is 1.91. The average Bonchev–Trinajstić information content (AvgIpc) is 2.05. The van der Waals surface area contributed by atoms with E-state index >= 15 is 0 Å². The molecule has 0 bridgehead atoms. The Bertz CT molecular complexity index is 68.0. The molecule has 0 spiro atoms. The zero-order valence-electron chi connectivity index (χ0n) is 8.15. The van der Waals surface area contributed by atoms with E-state index in [1.165, 1.54) is 34.6 Å². The number of hydrogen-bond acceptors (Lipinski definition) is 1. The standard InChI is InChI=1S/2C4H9.CH3O.Sn/c2*1-3-4-2;1-2;/h2*1,3-4H2,2H3;1H3;/q;;-1;+1. The van der Waals surface area contributed by atoms with Gasteiger partial charge in [-0.05, 0) is 0 Å². The van der Waals surface area contributed by atoms with Crippen molar-refractivity contribution in [1.82, 2.24) is 0 Å². The third kappa shape index (κ3) is 7.13. The van der Waals surface area contributed by atoms with Crippen LogP contribution in [-0.2, 0) is 3.07 Å². The fraction of sp³-hybridized carbons (Fsp3) is 1.00. The van der Waals surface area contributed by atoms with Crippen LogP contribution in [0.1, 0.15) is 39.5 Å². The molecule has 0 fully saturated rings. The van der Waals surface area contributed by atoms with Gasteiger partial charge in [0.15, 0.2) is 0 Å². The Morgan fingerprint density at radius 1 is 1.00 bits per heavy atom. The molecule has 0 saturated heterocycles. The van der Waals surface area contributed by atoms with Crippen LogP contribution in [0.2, 0.25) is 8.87 Å². The normalized spacial score (nSPS) is 10.9. The van der Waals surface area contributed by atoms with Gasteiger partial charge in [0, 0.05) is 0 Å². The van der Waals surface area contributed by atoms with E-state index < -0.39 is 20.2 Å². The van der Waals surface area contributed by atoms with Crippen molar-refractivity contribution in [3.05, 3.63) is 0 Å². The fourth-order valence-electron chi connectivity index (χ4n) is 1.08. The molecule has 11 heavy (non-hydrogen) atoms. The Kier molecular flexibility index (Phi) is 9.46. The Morgan fingerprint density at radius 2 is 1.45 bits per heavy atom. The summed E-state index contributed by atoms with van der Waals surface area (Å²) in [6.07, 6.45) is 5.46. The van der Waals surface area contributed by atoms with Crippen molar-refractivity contribution in [3.63, 3.8) is 0 Å². The van der Waals surface area contributed by atoms with E-state index in [1.807, 2.05) is 7.11 Å². The van der Waals surface area contributed by atoms with Crippen molar-refractivity contribution < 1.29 is 3.07 Å². The first-order chi connectivity index (χ1) is 5.35. The predicted octanol–water partition coefficient (Wildman–Crippen LogP) is 3.22. The molecule has 0 aliphatic heterocycles. The van der Waals surface area contributed by atoms with Crippen LogP contribution in [0.25, 0.3) is 0 Å². The van der Waals surface area contributed by atoms with Crippen LogP contribution in [-0.4, -0.2) is 27.3 Å². The van der Waals surface area contributed by atoms with Gasteiger partial charge < -0.3 is 0 Å². The monoisotopic (exact) mass is 265 g/mol. The molecule has 1 radical (unpaired) electrons. The van der Waals surface area contributed by atoms with Crippen LogP contribution in [0, 0.1) is 0 Å². The Morgan fingerprint density at radius 3 is 1.73 bits per heavy atom. The van der Waals surface area contributed by atoms with E-state index in [0.29, 0.717) is 0 Å². The molecular weight excluding hydrogens is 243 g/mol. The van der Waals surface area contributed by atoms with Gasteiger partial charge in [-0.15, -0.1) is 0 Å². The summed E-state index contributed by atoms with van der Waals surface area (Å²) < 4.78 is 8.43. The quantitative estimate of drug-likeness (QED) is 0.641. The van der Waals surface area contributed by atoms with Crippen molar-refractivity contribution in [1.29, 1.82) is 0 Å². The van der Waals surface area contributed by atoms with Gasteiger partial charge in [-0.3, -0.25) is 0 Å². The Hall–Kier alpha value is 0.759. The molecule has 0 amide bonds. The molecule has 0 heterocycles. The summed E-state index contributed by atoms with van der Waals surface area (Å²) in [6, 6.07) is 0. The van der Waals surface area contributed by atoms with Crippen LogP contribution in [0.5, 0.6) is 0 Å². The number of unbranched alkanes of at least 4 members (excludes halogenated alkanes) is 2. The average molecular weight is 264 g/mol. The molecule has 0 aliphatic carbocycles. The molecule has 0 aromatic rings. The first kappa shape index (κ1) is 11.8. The summed E-state index contributed by atoms with van der Waals surface area (Å²) in [5.74, 6) is 0. The minimum atomic E-state index is -1.28. The van der Waals surface area contributed by atoms with Gasteiger partial charge in [0.05, 0.1) is 0 Å². The minimum absolute atomic E-state index is 1.28. The SMILES string of the molecule is CCC[CH2][Sn]([CH2]CCC)[O]C. The van der Waals surface area contributed by atoms with Crippen molar-refractivity contribution in [2.24, 2.45) is 0 Å². The predicted molar refractivity (Wildman–Crippen MR) is 52.2 cm³/mol. The second-order valence-electron chi connectivity index (χ2n) is 2.95. The maximum atomic E-state index is 5.55. The van der Waals surface area contributed by atoms with E-state index in [0.717, 1.165) is 0 Å². The van der Waals surface area contributed by atoms with Gasteiger partial charge in [-0.25, -0.2) is 0 Å². The van der Waals surface area contributed by atoms with Gasteiger partial charge in [0.2, 0.25) is 0 Å². The van der Waals surface area contributed by atoms with E-state index in [2.05, 4.69) is 13.8 Å². The van der Waals surface area contributed by atoms with Crippen molar-refractivity contribution >= 4 is 20.2 Å². The molecular formula is C9H21OSn. The second-order valence-corrected chi connectivity index (χ2v) is 10.0. The summed E-state index contributed by atoms with van der Waals surface area (Å²) in [4.78, 5) is 0. The van der Waals surface area contributed by atoms with Crippen molar-refractivity contribution in [3.8, 4) is 0 Å². The van der Waals surface area contributed by atoms with E-state index in [4.69, 9.17) is 3.07 Å². The molecule has 0 atom stereocenters. The van der Waals surface area contributed by atoms with Gasteiger partial charge in [0.1, 0.15) is 0 Å². The Balaban J connectivity index is 3.25. The molecule has 0 saturated carbocycles. The summed E-state index contributed by atoms with van der Waals surface area (Å²) in [5.41, 5.74) is 0.